The van der Waals surface area contributed by atoms with E-state index in [0.29, 0.717) is 24.6 Å². The van der Waals surface area contributed by atoms with Gasteiger partial charge in [-0.05, 0) is 79.3 Å². The van der Waals surface area contributed by atoms with Crippen LogP contribution in [-0.4, -0.2) is 63.1 Å². The molecule has 3 aromatic carbocycles. The van der Waals surface area contributed by atoms with E-state index in [4.69, 9.17) is 4.74 Å². The Morgan fingerprint density at radius 2 is 1.68 bits per heavy atom. The van der Waals surface area contributed by atoms with Crippen molar-refractivity contribution in [2.45, 2.75) is 49.6 Å². The lowest BCUT2D eigenvalue weighted by atomic mass is 9.74. The highest BCUT2D eigenvalue weighted by Gasteiger charge is 2.50. The van der Waals surface area contributed by atoms with Crippen LogP contribution in [0.25, 0.3) is 11.1 Å². The summed E-state index contributed by atoms with van der Waals surface area (Å²) in [6, 6.07) is 20.8. The zero-order valence-corrected chi connectivity index (χ0v) is 22.5. The zero-order chi connectivity index (χ0) is 26.2. The summed E-state index contributed by atoms with van der Waals surface area (Å²) in [5.74, 6) is -0.0692. The first-order valence-electron chi connectivity index (χ1n) is 13.0. The summed E-state index contributed by atoms with van der Waals surface area (Å²) < 4.78 is 48.3. The van der Waals surface area contributed by atoms with E-state index in [1.807, 2.05) is 32.0 Å². The molecule has 37 heavy (non-hydrogen) atoms. The summed E-state index contributed by atoms with van der Waals surface area (Å²) >= 11 is 0. The smallest absolute Gasteiger partial charge is 0.243 e. The van der Waals surface area contributed by atoms with Crippen LogP contribution in [0.1, 0.15) is 35.4 Å². The number of benzene rings is 3. The number of rotatable bonds is 6. The van der Waals surface area contributed by atoms with Gasteiger partial charge < -0.3 is 4.74 Å². The lowest BCUT2D eigenvalue weighted by molar-refractivity contribution is -0.0635. The van der Waals surface area contributed by atoms with Crippen LogP contribution in [0.5, 0.6) is 0 Å². The Labute approximate surface area is 219 Å². The van der Waals surface area contributed by atoms with Crippen molar-refractivity contribution < 1.29 is 17.5 Å². The van der Waals surface area contributed by atoms with Gasteiger partial charge >= 0.3 is 0 Å². The number of fused-ring (bicyclic) bond motifs is 1. The second-order valence-electron chi connectivity index (χ2n) is 10.3. The van der Waals surface area contributed by atoms with Crippen molar-refractivity contribution in [1.82, 2.24) is 9.21 Å². The fourth-order valence-corrected chi connectivity index (χ4v) is 7.82. The number of methoxy groups -OCH3 is 1. The van der Waals surface area contributed by atoms with Crippen molar-refractivity contribution >= 4 is 10.0 Å². The highest BCUT2D eigenvalue weighted by atomic mass is 32.2. The van der Waals surface area contributed by atoms with E-state index in [1.165, 1.54) is 11.6 Å². The molecule has 2 fully saturated rings. The molecule has 5 rings (SSSR count). The van der Waals surface area contributed by atoms with Crippen LogP contribution in [0, 0.1) is 19.7 Å². The topological polar surface area (TPSA) is 49.9 Å². The molecule has 2 heterocycles. The average molecular weight is 523 g/mol. The summed E-state index contributed by atoms with van der Waals surface area (Å²) in [7, 11) is -1.87. The van der Waals surface area contributed by atoms with Gasteiger partial charge in [-0.15, -0.1) is 0 Å². The van der Waals surface area contributed by atoms with Crippen molar-refractivity contribution in [3.8, 4) is 11.1 Å². The Hall–Kier alpha value is -2.58. The average Bonchev–Trinajstić information content (AvgIpc) is 2.85. The third-order valence-electron chi connectivity index (χ3n) is 7.99. The molecule has 0 aromatic heterocycles. The van der Waals surface area contributed by atoms with E-state index >= 15 is 0 Å². The Morgan fingerprint density at radius 3 is 2.38 bits per heavy atom. The maximum atomic E-state index is 13.7. The summed E-state index contributed by atoms with van der Waals surface area (Å²) in [6.45, 7) is 6.31. The van der Waals surface area contributed by atoms with Gasteiger partial charge in [0.2, 0.25) is 10.0 Å². The molecule has 2 aliphatic heterocycles. The van der Waals surface area contributed by atoms with Crippen LogP contribution in [0.2, 0.25) is 0 Å². The molecule has 0 N–H and O–H groups in total. The Morgan fingerprint density at radius 1 is 0.946 bits per heavy atom. The SMILES string of the molecule is COCC1C(c2ccc(-c3ccc(F)cc3C)cc2)[C@@H]2CN(S(=O)(=O)c3ccccc3C)CCCCN12. The van der Waals surface area contributed by atoms with Crippen molar-refractivity contribution in [1.29, 1.82) is 0 Å². The predicted molar refractivity (Wildman–Crippen MR) is 145 cm³/mol. The highest BCUT2D eigenvalue weighted by Crippen LogP contribution is 2.43. The van der Waals surface area contributed by atoms with Crippen molar-refractivity contribution in [2.75, 3.05) is 33.4 Å². The van der Waals surface area contributed by atoms with Gasteiger partial charge in [-0.3, -0.25) is 4.90 Å². The summed E-state index contributed by atoms with van der Waals surface area (Å²) in [4.78, 5) is 2.83. The van der Waals surface area contributed by atoms with E-state index in [9.17, 15) is 12.8 Å². The van der Waals surface area contributed by atoms with Crippen molar-refractivity contribution in [3.05, 3.63) is 89.2 Å². The van der Waals surface area contributed by atoms with Gasteiger partial charge in [-0.1, -0.05) is 48.5 Å². The second-order valence-corrected chi connectivity index (χ2v) is 12.2. The number of halogens is 1. The first-order valence-corrected chi connectivity index (χ1v) is 14.4. The van der Waals surface area contributed by atoms with E-state index in [0.717, 1.165) is 41.6 Å². The minimum atomic E-state index is -3.60. The monoisotopic (exact) mass is 522 g/mol. The van der Waals surface area contributed by atoms with E-state index in [-0.39, 0.29) is 23.8 Å². The number of nitrogens with zero attached hydrogens (tertiary/aromatic N) is 2. The molecule has 2 saturated heterocycles. The quantitative estimate of drug-likeness (QED) is 0.436. The fourth-order valence-electron chi connectivity index (χ4n) is 6.10. The summed E-state index contributed by atoms with van der Waals surface area (Å²) in [5.41, 5.74) is 4.91. The molecule has 0 amide bonds. The minimum absolute atomic E-state index is 0.0812. The molecule has 0 saturated carbocycles. The summed E-state index contributed by atoms with van der Waals surface area (Å²) in [6.07, 6.45) is 1.79. The van der Waals surface area contributed by atoms with Crippen LogP contribution in [0.3, 0.4) is 0 Å². The van der Waals surface area contributed by atoms with Gasteiger partial charge in [0.25, 0.3) is 0 Å². The minimum Gasteiger partial charge on any atom is -0.383 e. The molecule has 3 aromatic rings. The predicted octanol–water partition coefficient (Wildman–Crippen LogP) is 5.38. The third-order valence-corrected chi connectivity index (χ3v) is 10.0. The van der Waals surface area contributed by atoms with Crippen LogP contribution >= 0.6 is 0 Å². The number of ether oxygens (including phenoxy) is 1. The van der Waals surface area contributed by atoms with Gasteiger partial charge in [0.15, 0.2) is 0 Å². The molecule has 196 valence electrons. The number of sulfonamides is 1. The Kier molecular flexibility index (Phi) is 7.50. The van der Waals surface area contributed by atoms with Gasteiger partial charge in [0.05, 0.1) is 11.5 Å². The van der Waals surface area contributed by atoms with Crippen LogP contribution < -0.4 is 0 Å². The van der Waals surface area contributed by atoms with Crippen molar-refractivity contribution in [3.63, 3.8) is 0 Å². The lowest BCUT2D eigenvalue weighted by Crippen LogP contribution is -2.68. The normalized spacial score (nSPS) is 23.1. The van der Waals surface area contributed by atoms with E-state index in [2.05, 4.69) is 29.2 Å². The van der Waals surface area contributed by atoms with Crippen LogP contribution in [0.4, 0.5) is 4.39 Å². The Bertz CT molecular complexity index is 1360. The maximum absolute atomic E-state index is 13.7. The highest BCUT2D eigenvalue weighted by molar-refractivity contribution is 7.89. The van der Waals surface area contributed by atoms with Crippen LogP contribution in [-0.2, 0) is 14.8 Å². The molecule has 0 aliphatic carbocycles. The van der Waals surface area contributed by atoms with E-state index < -0.39 is 10.0 Å². The number of aryl methyl sites for hydroxylation is 2. The Balaban J connectivity index is 1.45. The molecule has 5 nitrogen and oxygen atoms in total. The van der Waals surface area contributed by atoms with E-state index in [1.54, 1.807) is 29.6 Å². The van der Waals surface area contributed by atoms with Crippen LogP contribution in [0.15, 0.2) is 71.6 Å². The first kappa shape index (κ1) is 26.0. The maximum Gasteiger partial charge on any atom is 0.243 e. The molecule has 7 heteroatoms. The third kappa shape index (κ3) is 4.98. The molecule has 2 aliphatic rings. The van der Waals surface area contributed by atoms with Gasteiger partial charge in [-0.2, -0.15) is 4.31 Å². The zero-order valence-electron chi connectivity index (χ0n) is 21.7. The lowest BCUT2D eigenvalue weighted by Gasteiger charge is -2.57. The van der Waals surface area contributed by atoms with Gasteiger partial charge in [0.1, 0.15) is 5.82 Å². The molecule has 3 atom stereocenters. The first-order chi connectivity index (χ1) is 17.8. The molecular weight excluding hydrogens is 487 g/mol. The standard InChI is InChI=1S/C30H35FN2O3S/c1-21-8-4-5-9-29(21)37(34,35)32-16-6-7-17-33-27(19-32)30(28(33)20-36-3)24-12-10-23(11-13-24)26-15-14-25(31)18-22(26)2/h4-5,8-15,18,27-28,30H,6-7,16-17,19-20H2,1-3H3/t27-,28?,30?/m0/s1. The van der Waals surface area contributed by atoms with Gasteiger partial charge in [0, 0.05) is 38.2 Å². The van der Waals surface area contributed by atoms with Crippen molar-refractivity contribution in [2.24, 2.45) is 0 Å². The summed E-state index contributed by atoms with van der Waals surface area (Å²) in [5, 5.41) is 0. The number of hydrogen-bond donors (Lipinski definition) is 0. The number of hydrogen-bond acceptors (Lipinski definition) is 4. The molecule has 0 spiro atoms. The molecule has 0 radical (unpaired) electrons. The second kappa shape index (κ2) is 10.7. The largest absolute Gasteiger partial charge is 0.383 e. The molecule has 2 unspecified atom stereocenters. The molecule has 0 bridgehead atoms. The van der Waals surface area contributed by atoms with Gasteiger partial charge in [-0.25, -0.2) is 12.8 Å². The molecular formula is C30H35FN2O3S. The fraction of sp³-hybridized carbons (Fsp3) is 0.400.